The molecule has 2 rings (SSSR count). The maximum absolute atomic E-state index is 12.4. The molecule has 0 aliphatic rings. The smallest absolute Gasteiger partial charge is 0.307 e. The minimum Gasteiger partial charge on any atom is -0.469 e. The van der Waals surface area contributed by atoms with Gasteiger partial charge in [-0.15, -0.1) is 0 Å². The van der Waals surface area contributed by atoms with Crippen molar-refractivity contribution >= 4 is 29.4 Å². The lowest BCUT2D eigenvalue weighted by molar-refractivity contribution is -0.385. The molecule has 3 N–H and O–H groups in total. The number of nitro groups is 1. The number of nitrogens with one attached hydrogen (secondary N) is 3. The molecule has 0 bridgehead atoms. The molecule has 2 amide bonds. The number of methoxy groups -OCH3 is 1. The summed E-state index contributed by atoms with van der Waals surface area (Å²) in [5.41, 5.74) is 0.719. The van der Waals surface area contributed by atoms with Gasteiger partial charge in [0, 0.05) is 37.0 Å². The summed E-state index contributed by atoms with van der Waals surface area (Å²) < 4.78 is 4.67. The minimum absolute atomic E-state index is 0.122. The average Bonchev–Trinajstić information content (AvgIpc) is 2.82. The molecule has 0 spiro atoms. The van der Waals surface area contributed by atoms with Crippen LogP contribution in [0.2, 0.25) is 0 Å². The normalized spacial score (nSPS) is 11.2. The second kappa shape index (κ2) is 13.5. The number of unbranched alkanes of at least 4 members (excludes halogenated alkanes) is 1. The van der Waals surface area contributed by atoms with Crippen LogP contribution < -0.4 is 16.0 Å². The van der Waals surface area contributed by atoms with E-state index in [-0.39, 0.29) is 31.0 Å². The van der Waals surface area contributed by atoms with Crippen molar-refractivity contribution in [2.75, 3.05) is 25.5 Å². The van der Waals surface area contributed by atoms with Crippen LogP contribution in [-0.4, -0.2) is 52.9 Å². The van der Waals surface area contributed by atoms with Gasteiger partial charge in [0.25, 0.3) is 5.69 Å². The van der Waals surface area contributed by atoms with Gasteiger partial charge in [-0.3, -0.25) is 24.5 Å². The van der Waals surface area contributed by atoms with Crippen LogP contribution >= 0.6 is 0 Å². The van der Waals surface area contributed by atoms with E-state index in [1.807, 2.05) is 0 Å². The molecule has 34 heavy (non-hydrogen) atoms. The number of benzene rings is 1. The molecule has 0 saturated carbocycles. The fraction of sp³-hybridized carbons (Fsp3) is 0.409. The Hall–Kier alpha value is -4.09. The zero-order valence-electron chi connectivity index (χ0n) is 19.1. The monoisotopic (exact) mass is 472 g/mol. The Labute approximate surface area is 196 Å². The molecule has 1 aromatic heterocycles. The van der Waals surface area contributed by atoms with Crippen LogP contribution in [0.1, 0.15) is 42.9 Å². The number of carbonyl (C=O) groups is 3. The number of nitro benzene ring substituents is 1. The number of nitrogens with zero attached hydrogens (tertiary/aromatic N) is 3. The maximum atomic E-state index is 12.4. The number of aromatic nitrogens is 2. The first-order valence-electron chi connectivity index (χ1n) is 10.7. The molecule has 12 nitrogen and oxygen atoms in total. The Morgan fingerprint density at radius 2 is 1.88 bits per heavy atom. The number of esters is 1. The fourth-order valence-electron chi connectivity index (χ4n) is 3.06. The summed E-state index contributed by atoms with van der Waals surface area (Å²) in [5.74, 6) is -0.897. The van der Waals surface area contributed by atoms with Gasteiger partial charge < -0.3 is 20.7 Å². The van der Waals surface area contributed by atoms with E-state index < -0.39 is 22.8 Å². The molecule has 0 aliphatic heterocycles. The molecule has 0 saturated heterocycles. The molecule has 12 heteroatoms. The highest BCUT2D eigenvalue weighted by molar-refractivity contribution is 5.85. The number of carbonyl (C=O) groups excluding carboxylic acids is 3. The SMILES string of the molecule is COC(=O)CC(NC(=O)CNC(=O)CCCCNc1ncccn1)c1ccc(C)c([N+](=O)[O-])c1. The van der Waals surface area contributed by atoms with Crippen LogP contribution in [0.25, 0.3) is 0 Å². The molecule has 1 unspecified atom stereocenters. The van der Waals surface area contributed by atoms with E-state index >= 15 is 0 Å². The minimum atomic E-state index is -0.845. The van der Waals surface area contributed by atoms with Gasteiger partial charge in [-0.2, -0.15) is 0 Å². The summed E-state index contributed by atoms with van der Waals surface area (Å²) >= 11 is 0. The Morgan fingerprint density at radius 1 is 1.15 bits per heavy atom. The molecular weight excluding hydrogens is 444 g/mol. The Kier molecular flexibility index (Phi) is 10.4. The van der Waals surface area contributed by atoms with Crippen LogP contribution in [0.15, 0.2) is 36.7 Å². The van der Waals surface area contributed by atoms with Crippen LogP contribution in [0, 0.1) is 17.0 Å². The zero-order valence-corrected chi connectivity index (χ0v) is 19.1. The van der Waals surface area contributed by atoms with E-state index in [9.17, 15) is 24.5 Å². The van der Waals surface area contributed by atoms with Gasteiger partial charge in [-0.05, 0) is 31.4 Å². The number of hydrogen-bond acceptors (Lipinski definition) is 9. The number of rotatable bonds is 13. The van der Waals surface area contributed by atoms with Crippen LogP contribution in [0.5, 0.6) is 0 Å². The molecule has 1 aromatic carbocycles. The fourth-order valence-corrected chi connectivity index (χ4v) is 3.06. The van der Waals surface area contributed by atoms with E-state index in [4.69, 9.17) is 0 Å². The molecule has 0 radical (unpaired) electrons. The highest BCUT2D eigenvalue weighted by Crippen LogP contribution is 2.25. The van der Waals surface area contributed by atoms with Crippen LogP contribution in [0.4, 0.5) is 11.6 Å². The molecular formula is C22H28N6O6. The first-order chi connectivity index (χ1) is 16.3. The highest BCUT2D eigenvalue weighted by Gasteiger charge is 2.22. The summed E-state index contributed by atoms with van der Waals surface area (Å²) in [6, 6.07) is 5.33. The molecule has 1 atom stereocenters. The summed E-state index contributed by atoms with van der Waals surface area (Å²) in [4.78, 5) is 55.0. The largest absolute Gasteiger partial charge is 0.469 e. The van der Waals surface area contributed by atoms with Crippen molar-refractivity contribution in [3.05, 3.63) is 57.9 Å². The number of hydrogen-bond donors (Lipinski definition) is 3. The third kappa shape index (κ3) is 8.81. The van der Waals surface area contributed by atoms with Crippen LogP contribution in [0.3, 0.4) is 0 Å². The van der Waals surface area contributed by atoms with Crippen molar-refractivity contribution in [1.29, 1.82) is 0 Å². The molecule has 0 fully saturated rings. The maximum Gasteiger partial charge on any atom is 0.307 e. The van der Waals surface area contributed by atoms with Crippen molar-refractivity contribution in [3.8, 4) is 0 Å². The number of amides is 2. The van der Waals surface area contributed by atoms with Gasteiger partial charge in [0.1, 0.15) is 0 Å². The first-order valence-corrected chi connectivity index (χ1v) is 10.7. The second-order valence-electron chi connectivity index (χ2n) is 7.44. The number of ether oxygens (including phenoxy) is 1. The van der Waals surface area contributed by atoms with Crippen molar-refractivity contribution < 1.29 is 24.0 Å². The quantitative estimate of drug-likeness (QED) is 0.170. The predicted molar refractivity (Wildman–Crippen MR) is 123 cm³/mol. The van der Waals surface area contributed by atoms with Gasteiger partial charge >= 0.3 is 5.97 Å². The van der Waals surface area contributed by atoms with E-state index in [0.29, 0.717) is 36.5 Å². The third-order valence-electron chi connectivity index (χ3n) is 4.89. The lowest BCUT2D eigenvalue weighted by Crippen LogP contribution is -2.39. The van der Waals surface area contributed by atoms with Gasteiger partial charge in [0.05, 0.1) is 31.0 Å². The third-order valence-corrected chi connectivity index (χ3v) is 4.89. The van der Waals surface area contributed by atoms with Gasteiger partial charge in [-0.1, -0.05) is 12.1 Å². The second-order valence-corrected chi connectivity index (χ2v) is 7.44. The number of anilines is 1. The van der Waals surface area contributed by atoms with Gasteiger partial charge in [0.15, 0.2) is 0 Å². The van der Waals surface area contributed by atoms with E-state index in [2.05, 4.69) is 30.7 Å². The summed E-state index contributed by atoms with van der Waals surface area (Å²) in [7, 11) is 1.21. The molecule has 182 valence electrons. The van der Waals surface area contributed by atoms with Crippen molar-refractivity contribution in [3.63, 3.8) is 0 Å². The lowest BCUT2D eigenvalue weighted by atomic mass is 10.0. The lowest BCUT2D eigenvalue weighted by Gasteiger charge is -2.19. The number of aryl methyl sites for hydroxylation is 1. The van der Waals surface area contributed by atoms with Gasteiger partial charge in [-0.25, -0.2) is 9.97 Å². The van der Waals surface area contributed by atoms with Crippen molar-refractivity contribution in [2.24, 2.45) is 0 Å². The Morgan fingerprint density at radius 3 is 2.56 bits per heavy atom. The molecule has 2 aromatic rings. The summed E-state index contributed by atoms with van der Waals surface area (Å²) in [6.07, 6.45) is 4.60. The zero-order chi connectivity index (χ0) is 24.9. The summed E-state index contributed by atoms with van der Waals surface area (Å²) in [5, 5.41) is 19.5. The average molecular weight is 473 g/mol. The van der Waals surface area contributed by atoms with Gasteiger partial charge in [0.2, 0.25) is 17.8 Å². The van der Waals surface area contributed by atoms with Crippen molar-refractivity contribution in [1.82, 2.24) is 20.6 Å². The topological polar surface area (TPSA) is 165 Å². The van der Waals surface area contributed by atoms with E-state index in [0.717, 1.165) is 0 Å². The van der Waals surface area contributed by atoms with Crippen LogP contribution in [-0.2, 0) is 19.1 Å². The highest BCUT2D eigenvalue weighted by atomic mass is 16.6. The predicted octanol–water partition coefficient (Wildman–Crippen LogP) is 1.81. The van der Waals surface area contributed by atoms with E-state index in [1.54, 1.807) is 37.5 Å². The standard InChI is InChI=1S/C22H28N6O6/c1-15-7-8-16(12-18(15)28(32)33)17(13-21(31)34-2)27-20(30)14-26-19(29)6-3-4-9-23-22-24-10-5-11-25-22/h5,7-8,10-12,17H,3-4,6,9,13-14H2,1-2H3,(H,26,29)(H,27,30)(H,23,24,25). The van der Waals surface area contributed by atoms with Crippen molar-refractivity contribution in [2.45, 2.75) is 38.6 Å². The Balaban J connectivity index is 1.82. The van der Waals surface area contributed by atoms with E-state index in [1.165, 1.54) is 13.2 Å². The molecule has 1 heterocycles. The first kappa shape index (κ1) is 26.2. The molecule has 0 aliphatic carbocycles. The Bertz CT molecular complexity index is 1000. The summed E-state index contributed by atoms with van der Waals surface area (Å²) in [6.45, 7) is 1.91.